The monoisotopic (exact) mass is 661 g/mol. The van der Waals surface area contributed by atoms with E-state index in [1.807, 2.05) is 74.5 Å². The van der Waals surface area contributed by atoms with Crippen molar-refractivity contribution in [3.8, 4) is 5.75 Å². The number of halogens is 1. The molecule has 10 heteroatoms. The van der Waals surface area contributed by atoms with E-state index in [0.29, 0.717) is 35.2 Å². The van der Waals surface area contributed by atoms with Gasteiger partial charge in [-0.25, -0.2) is 8.42 Å². The number of benzene rings is 4. The lowest BCUT2D eigenvalue weighted by molar-refractivity contribution is -0.140. The zero-order chi connectivity index (χ0) is 33.1. The molecule has 242 valence electrons. The molecule has 4 aromatic carbocycles. The number of anilines is 1. The average Bonchev–Trinajstić information content (AvgIpc) is 3.04. The first-order valence-corrected chi connectivity index (χ1v) is 17.3. The van der Waals surface area contributed by atoms with Crippen LogP contribution < -0.4 is 14.4 Å². The Morgan fingerprint density at radius 2 is 1.41 bits per heavy atom. The number of nitrogens with zero attached hydrogens (tertiary/aromatic N) is 2. The van der Waals surface area contributed by atoms with Crippen molar-refractivity contribution in [2.45, 2.75) is 39.5 Å². The topological polar surface area (TPSA) is 96.0 Å². The fraction of sp³-hybridized carbons (Fsp3) is 0.278. The molecule has 0 radical (unpaired) electrons. The molecule has 2 amide bonds. The molecule has 0 saturated heterocycles. The van der Waals surface area contributed by atoms with Gasteiger partial charge in [-0.3, -0.25) is 13.9 Å². The van der Waals surface area contributed by atoms with Crippen LogP contribution in [0.25, 0.3) is 0 Å². The lowest BCUT2D eigenvalue weighted by Gasteiger charge is -2.34. The van der Waals surface area contributed by atoms with E-state index in [2.05, 4.69) is 5.32 Å². The number of sulfonamides is 1. The maximum Gasteiger partial charge on any atom is 0.244 e. The highest BCUT2D eigenvalue weighted by Gasteiger charge is 2.33. The van der Waals surface area contributed by atoms with Gasteiger partial charge in [0.2, 0.25) is 21.8 Å². The van der Waals surface area contributed by atoms with Crippen molar-refractivity contribution in [2.75, 3.05) is 23.7 Å². The largest absolute Gasteiger partial charge is 0.489 e. The third kappa shape index (κ3) is 10.1. The van der Waals surface area contributed by atoms with Crippen LogP contribution in [0.4, 0.5) is 5.69 Å². The van der Waals surface area contributed by atoms with Gasteiger partial charge in [-0.05, 0) is 52.9 Å². The first-order chi connectivity index (χ1) is 22.0. The molecule has 0 spiro atoms. The summed E-state index contributed by atoms with van der Waals surface area (Å²) in [6.45, 7) is 4.24. The predicted octanol–water partition coefficient (Wildman–Crippen LogP) is 6.10. The lowest BCUT2D eigenvalue weighted by atomic mass is 10.0. The lowest BCUT2D eigenvalue weighted by Crippen LogP contribution is -2.53. The molecule has 0 aliphatic rings. The Labute approximate surface area is 277 Å². The van der Waals surface area contributed by atoms with Crippen molar-refractivity contribution >= 4 is 39.1 Å². The van der Waals surface area contributed by atoms with Crippen LogP contribution in [0.3, 0.4) is 0 Å². The first-order valence-electron chi connectivity index (χ1n) is 15.1. The molecular weight excluding hydrogens is 622 g/mol. The SMILES string of the molecule is CC(C)CNC(=O)[C@@H](Cc1ccccc1)N(Cc1ccccc1Cl)C(=O)CN(c1ccc(OCc2ccccc2)cc1)S(C)(=O)=O. The van der Waals surface area contributed by atoms with Crippen molar-refractivity contribution < 1.29 is 22.7 Å². The molecule has 0 unspecified atom stereocenters. The van der Waals surface area contributed by atoms with E-state index < -0.39 is 28.5 Å². The number of hydrogen-bond donors (Lipinski definition) is 1. The van der Waals surface area contributed by atoms with Gasteiger partial charge < -0.3 is 15.0 Å². The third-order valence-corrected chi connectivity index (χ3v) is 8.82. The van der Waals surface area contributed by atoms with E-state index in [1.54, 1.807) is 48.5 Å². The van der Waals surface area contributed by atoms with Crippen LogP contribution in [0.15, 0.2) is 109 Å². The zero-order valence-corrected chi connectivity index (χ0v) is 27.9. The van der Waals surface area contributed by atoms with Crippen molar-refractivity contribution in [1.29, 1.82) is 0 Å². The molecule has 1 N–H and O–H groups in total. The van der Waals surface area contributed by atoms with E-state index in [4.69, 9.17) is 16.3 Å². The highest BCUT2D eigenvalue weighted by molar-refractivity contribution is 7.92. The van der Waals surface area contributed by atoms with Crippen LogP contribution >= 0.6 is 11.6 Å². The molecule has 0 bridgehead atoms. The van der Waals surface area contributed by atoms with Crippen LogP contribution in [0.2, 0.25) is 5.02 Å². The Morgan fingerprint density at radius 1 is 0.826 bits per heavy atom. The van der Waals surface area contributed by atoms with E-state index in [0.717, 1.165) is 21.7 Å². The molecule has 1 atom stereocenters. The summed E-state index contributed by atoms with van der Waals surface area (Å²) in [6.07, 6.45) is 1.28. The Morgan fingerprint density at radius 3 is 2.00 bits per heavy atom. The fourth-order valence-electron chi connectivity index (χ4n) is 4.85. The maximum absolute atomic E-state index is 14.3. The fourth-order valence-corrected chi connectivity index (χ4v) is 5.89. The highest BCUT2D eigenvalue weighted by atomic mass is 35.5. The molecule has 4 rings (SSSR count). The quantitative estimate of drug-likeness (QED) is 0.166. The second-order valence-corrected chi connectivity index (χ2v) is 13.8. The highest BCUT2D eigenvalue weighted by Crippen LogP contribution is 2.25. The molecule has 0 aliphatic carbocycles. The van der Waals surface area contributed by atoms with Crippen LogP contribution in [0.5, 0.6) is 5.75 Å². The van der Waals surface area contributed by atoms with Crippen molar-refractivity contribution in [3.05, 3.63) is 131 Å². The minimum atomic E-state index is -3.90. The molecule has 8 nitrogen and oxygen atoms in total. The third-order valence-electron chi connectivity index (χ3n) is 7.31. The Hall–Kier alpha value is -4.34. The number of ether oxygens (including phenoxy) is 1. The van der Waals surface area contributed by atoms with E-state index in [9.17, 15) is 18.0 Å². The molecular formula is C36H40ClN3O5S. The number of nitrogens with one attached hydrogen (secondary N) is 1. The molecule has 0 fully saturated rings. The second-order valence-electron chi connectivity index (χ2n) is 11.5. The minimum Gasteiger partial charge on any atom is -0.489 e. The van der Waals surface area contributed by atoms with Gasteiger partial charge in [0.15, 0.2) is 0 Å². The second kappa shape index (κ2) is 16.3. The smallest absolute Gasteiger partial charge is 0.244 e. The number of carbonyl (C=O) groups is 2. The summed E-state index contributed by atoms with van der Waals surface area (Å²) in [5.74, 6) is -0.133. The summed E-state index contributed by atoms with van der Waals surface area (Å²) in [6, 6.07) is 31.8. The van der Waals surface area contributed by atoms with Crippen molar-refractivity contribution in [3.63, 3.8) is 0 Å². The van der Waals surface area contributed by atoms with Gasteiger partial charge in [0.25, 0.3) is 0 Å². The standard InChI is InChI=1S/C36H40ClN3O5S/c1-27(2)23-38-36(42)34(22-28-12-6-4-7-13-28)39(24-30-16-10-11-17-33(30)37)35(41)25-40(46(3,43)44)31-18-20-32(21-19-31)45-26-29-14-8-5-9-15-29/h4-21,27,34H,22-26H2,1-3H3,(H,38,42)/t34-/m1/s1. The number of hydrogen-bond acceptors (Lipinski definition) is 5. The Bertz CT molecular complexity index is 1680. The van der Waals surface area contributed by atoms with Gasteiger partial charge in [-0.1, -0.05) is 104 Å². The van der Waals surface area contributed by atoms with Gasteiger partial charge in [0, 0.05) is 24.5 Å². The van der Waals surface area contributed by atoms with Gasteiger partial charge in [0.1, 0.15) is 24.9 Å². The normalized spacial score (nSPS) is 11.9. The summed E-state index contributed by atoms with van der Waals surface area (Å²) in [7, 11) is -3.90. The molecule has 0 heterocycles. The molecule has 4 aromatic rings. The van der Waals surface area contributed by atoms with Crippen LogP contribution in [0, 0.1) is 5.92 Å². The van der Waals surface area contributed by atoms with E-state index in [-0.39, 0.29) is 24.8 Å². The Kier molecular flexibility index (Phi) is 12.2. The number of carbonyl (C=O) groups excluding carboxylic acids is 2. The molecule has 0 aromatic heterocycles. The summed E-state index contributed by atoms with van der Waals surface area (Å²) < 4.78 is 33.1. The summed E-state index contributed by atoms with van der Waals surface area (Å²) in [5, 5.41) is 3.41. The summed E-state index contributed by atoms with van der Waals surface area (Å²) in [5.41, 5.74) is 2.79. The predicted molar refractivity (Wildman–Crippen MR) is 183 cm³/mol. The molecule has 46 heavy (non-hydrogen) atoms. The van der Waals surface area contributed by atoms with Crippen molar-refractivity contribution in [1.82, 2.24) is 10.2 Å². The number of rotatable bonds is 15. The zero-order valence-electron chi connectivity index (χ0n) is 26.3. The first kappa shape index (κ1) is 34.5. The van der Waals surface area contributed by atoms with Gasteiger partial charge in [0.05, 0.1) is 11.9 Å². The van der Waals surface area contributed by atoms with Crippen LogP contribution in [0.1, 0.15) is 30.5 Å². The van der Waals surface area contributed by atoms with Gasteiger partial charge in [-0.2, -0.15) is 0 Å². The maximum atomic E-state index is 14.3. The van der Waals surface area contributed by atoms with Crippen molar-refractivity contribution in [2.24, 2.45) is 5.92 Å². The van der Waals surface area contributed by atoms with E-state index >= 15 is 0 Å². The van der Waals surface area contributed by atoms with Gasteiger partial charge >= 0.3 is 0 Å². The number of amides is 2. The van der Waals surface area contributed by atoms with Crippen LogP contribution in [-0.2, 0) is 39.2 Å². The average molecular weight is 662 g/mol. The summed E-state index contributed by atoms with van der Waals surface area (Å²) >= 11 is 6.52. The van der Waals surface area contributed by atoms with E-state index in [1.165, 1.54) is 4.90 Å². The minimum absolute atomic E-state index is 0.00890. The summed E-state index contributed by atoms with van der Waals surface area (Å²) in [4.78, 5) is 29.4. The molecule has 0 saturated carbocycles. The molecule has 0 aliphatic heterocycles. The van der Waals surface area contributed by atoms with Crippen LogP contribution in [-0.4, -0.2) is 50.5 Å². The Balaban J connectivity index is 1.64. The van der Waals surface area contributed by atoms with Gasteiger partial charge in [-0.15, -0.1) is 0 Å².